The molecule has 3 rings (SSSR count). The molecule has 2 aromatic heterocycles. The van der Waals surface area contributed by atoms with E-state index in [1.54, 1.807) is 17.2 Å². The molecule has 0 N–H and O–H groups in total. The number of pyridine rings is 1. The molecule has 3 heterocycles. The average Bonchev–Trinajstić information content (AvgIpc) is 3.27. The number of piperidine rings is 1. The van der Waals surface area contributed by atoms with Crippen LogP contribution in [0.3, 0.4) is 0 Å². The number of likely N-dealkylation sites (tertiary alicyclic amines) is 1. The van der Waals surface area contributed by atoms with Gasteiger partial charge in [0.2, 0.25) is 11.7 Å². The smallest absolute Gasteiger partial charge is 0.292 e. The third kappa shape index (κ3) is 5.90. The van der Waals surface area contributed by atoms with Gasteiger partial charge in [0.15, 0.2) is 0 Å². The summed E-state index contributed by atoms with van der Waals surface area (Å²) in [6, 6.07) is 7.58. The predicted molar refractivity (Wildman–Crippen MR) is 114 cm³/mol. The highest BCUT2D eigenvalue weighted by atomic mass is 16.5. The fourth-order valence-corrected chi connectivity index (χ4v) is 3.77. The summed E-state index contributed by atoms with van der Waals surface area (Å²) in [4.78, 5) is 33.2. The lowest BCUT2D eigenvalue weighted by molar-refractivity contribution is -0.130. The maximum absolute atomic E-state index is 12.8. The van der Waals surface area contributed by atoms with Crippen molar-refractivity contribution >= 4 is 11.8 Å². The first-order valence-corrected chi connectivity index (χ1v) is 10.8. The quantitative estimate of drug-likeness (QED) is 0.663. The van der Waals surface area contributed by atoms with Crippen LogP contribution in [0.15, 0.2) is 35.0 Å². The molecule has 30 heavy (non-hydrogen) atoms. The molecule has 1 aliphatic rings. The lowest BCUT2D eigenvalue weighted by atomic mass is 9.93. The molecule has 1 aliphatic heterocycles. The van der Waals surface area contributed by atoms with Crippen molar-refractivity contribution in [3.8, 4) is 0 Å². The summed E-state index contributed by atoms with van der Waals surface area (Å²) in [6.07, 6.45) is 5.82. The molecule has 2 aromatic rings. The molecule has 0 aliphatic carbocycles. The standard InChI is InChI=1S/C23H32N4O3/c1-17(2)20-15-21(30-25-20)23(29)27-13-6-7-18(16-27)9-10-22(28)26(3)14-11-19-8-4-5-12-24-19/h4-5,8,12,15,17-18H,6-7,9-11,13-14,16H2,1-3H3/t18-/m0/s1. The van der Waals surface area contributed by atoms with Gasteiger partial charge in [-0.15, -0.1) is 0 Å². The van der Waals surface area contributed by atoms with Crippen LogP contribution in [-0.2, 0) is 11.2 Å². The van der Waals surface area contributed by atoms with Crippen LogP contribution in [0.1, 0.15) is 67.4 Å². The molecule has 0 radical (unpaired) electrons. The first-order chi connectivity index (χ1) is 14.4. The zero-order valence-corrected chi connectivity index (χ0v) is 18.2. The molecule has 1 atom stereocenters. The number of hydrogen-bond donors (Lipinski definition) is 0. The van der Waals surface area contributed by atoms with Gasteiger partial charge in [0.25, 0.3) is 5.91 Å². The Hall–Kier alpha value is -2.70. The van der Waals surface area contributed by atoms with Crippen molar-refractivity contribution in [3.05, 3.63) is 47.6 Å². The second-order valence-electron chi connectivity index (χ2n) is 8.46. The maximum atomic E-state index is 12.8. The van der Waals surface area contributed by atoms with Gasteiger partial charge in [-0.1, -0.05) is 25.1 Å². The van der Waals surface area contributed by atoms with E-state index in [9.17, 15) is 9.59 Å². The van der Waals surface area contributed by atoms with E-state index >= 15 is 0 Å². The van der Waals surface area contributed by atoms with Gasteiger partial charge < -0.3 is 14.3 Å². The number of rotatable bonds is 8. The van der Waals surface area contributed by atoms with Crippen molar-refractivity contribution in [1.82, 2.24) is 19.9 Å². The van der Waals surface area contributed by atoms with Crippen molar-refractivity contribution in [2.45, 2.75) is 51.9 Å². The molecule has 0 saturated carbocycles. The Labute approximate surface area is 178 Å². The molecular formula is C23H32N4O3. The minimum atomic E-state index is -0.0992. The number of nitrogens with zero attached hydrogens (tertiary/aromatic N) is 4. The predicted octanol–water partition coefficient (Wildman–Crippen LogP) is 3.53. The Bertz CT molecular complexity index is 834. The normalized spacial score (nSPS) is 16.7. The molecule has 7 nitrogen and oxygen atoms in total. The van der Waals surface area contributed by atoms with E-state index in [1.165, 1.54) is 0 Å². The van der Waals surface area contributed by atoms with Crippen LogP contribution in [0, 0.1) is 5.92 Å². The minimum absolute atomic E-state index is 0.0992. The molecular weight excluding hydrogens is 380 g/mol. The molecule has 0 spiro atoms. The van der Waals surface area contributed by atoms with Crippen molar-refractivity contribution < 1.29 is 14.1 Å². The third-order valence-corrected chi connectivity index (χ3v) is 5.76. The van der Waals surface area contributed by atoms with E-state index in [1.807, 2.05) is 44.0 Å². The second kappa shape index (κ2) is 10.4. The van der Waals surface area contributed by atoms with Crippen LogP contribution in [-0.4, -0.2) is 58.4 Å². The van der Waals surface area contributed by atoms with Crippen LogP contribution in [0.2, 0.25) is 0 Å². The van der Waals surface area contributed by atoms with Crippen molar-refractivity contribution in [2.24, 2.45) is 5.92 Å². The van der Waals surface area contributed by atoms with Crippen molar-refractivity contribution in [3.63, 3.8) is 0 Å². The number of hydrogen-bond acceptors (Lipinski definition) is 5. The third-order valence-electron chi connectivity index (χ3n) is 5.76. The molecule has 2 amide bonds. The summed E-state index contributed by atoms with van der Waals surface area (Å²) in [5.74, 6) is 0.919. The van der Waals surface area contributed by atoms with E-state index in [-0.39, 0.29) is 17.7 Å². The van der Waals surface area contributed by atoms with E-state index < -0.39 is 0 Å². The van der Waals surface area contributed by atoms with Crippen LogP contribution >= 0.6 is 0 Å². The van der Waals surface area contributed by atoms with Crippen LogP contribution in [0.4, 0.5) is 0 Å². The Morgan fingerprint density at radius 2 is 2.17 bits per heavy atom. The van der Waals surface area contributed by atoms with Crippen molar-refractivity contribution in [1.29, 1.82) is 0 Å². The SMILES string of the molecule is CC(C)c1cc(C(=O)N2CCC[C@@H](CCC(=O)N(C)CCc3ccccn3)C2)on1. The van der Waals surface area contributed by atoms with Gasteiger partial charge in [-0.3, -0.25) is 14.6 Å². The van der Waals surface area contributed by atoms with Gasteiger partial charge in [0.1, 0.15) is 0 Å². The Morgan fingerprint density at radius 3 is 2.87 bits per heavy atom. The van der Waals surface area contributed by atoms with Gasteiger partial charge in [-0.25, -0.2) is 0 Å². The molecule has 1 saturated heterocycles. The van der Waals surface area contributed by atoms with E-state index in [2.05, 4.69) is 10.1 Å². The van der Waals surface area contributed by atoms with Crippen molar-refractivity contribution in [2.75, 3.05) is 26.7 Å². The molecule has 1 fully saturated rings. The highest BCUT2D eigenvalue weighted by Crippen LogP contribution is 2.24. The van der Waals surface area contributed by atoms with Crippen LogP contribution < -0.4 is 0 Å². The first kappa shape index (κ1) is 22.0. The topological polar surface area (TPSA) is 79.5 Å². The molecule has 162 valence electrons. The minimum Gasteiger partial charge on any atom is -0.351 e. The fourth-order valence-electron chi connectivity index (χ4n) is 3.77. The molecule has 7 heteroatoms. The number of likely N-dealkylation sites (N-methyl/N-ethyl adjacent to an activating group) is 1. The summed E-state index contributed by atoms with van der Waals surface area (Å²) in [5.41, 5.74) is 1.79. The first-order valence-electron chi connectivity index (χ1n) is 10.8. The van der Waals surface area contributed by atoms with Gasteiger partial charge in [0.05, 0.1) is 5.69 Å². The summed E-state index contributed by atoms with van der Waals surface area (Å²) in [6.45, 7) is 6.10. The average molecular weight is 413 g/mol. The molecule has 0 aromatic carbocycles. The molecule has 0 bridgehead atoms. The summed E-state index contributed by atoms with van der Waals surface area (Å²) >= 11 is 0. The van der Waals surface area contributed by atoms with Gasteiger partial charge in [-0.2, -0.15) is 0 Å². The number of aromatic nitrogens is 2. The number of carbonyl (C=O) groups excluding carboxylic acids is 2. The lowest BCUT2D eigenvalue weighted by Crippen LogP contribution is -2.40. The maximum Gasteiger partial charge on any atom is 0.292 e. The zero-order chi connectivity index (χ0) is 21.5. The van der Waals surface area contributed by atoms with E-state index in [4.69, 9.17) is 4.52 Å². The van der Waals surface area contributed by atoms with Gasteiger partial charge >= 0.3 is 0 Å². The Kier molecular flexibility index (Phi) is 7.60. The highest BCUT2D eigenvalue weighted by molar-refractivity contribution is 5.91. The lowest BCUT2D eigenvalue weighted by Gasteiger charge is -2.32. The van der Waals surface area contributed by atoms with E-state index in [0.29, 0.717) is 31.2 Å². The van der Waals surface area contributed by atoms with Gasteiger partial charge in [-0.05, 0) is 43.2 Å². The summed E-state index contributed by atoms with van der Waals surface area (Å²) < 4.78 is 5.26. The summed E-state index contributed by atoms with van der Waals surface area (Å²) in [7, 11) is 1.85. The largest absolute Gasteiger partial charge is 0.351 e. The van der Waals surface area contributed by atoms with Gasteiger partial charge in [0, 0.05) is 57.5 Å². The Balaban J connectivity index is 1.44. The van der Waals surface area contributed by atoms with Crippen LogP contribution in [0.25, 0.3) is 0 Å². The van der Waals surface area contributed by atoms with E-state index in [0.717, 1.165) is 43.6 Å². The zero-order valence-electron chi connectivity index (χ0n) is 18.2. The fraction of sp³-hybridized carbons (Fsp3) is 0.565. The summed E-state index contributed by atoms with van der Waals surface area (Å²) in [5, 5.41) is 3.99. The van der Waals surface area contributed by atoms with Crippen LogP contribution in [0.5, 0.6) is 0 Å². The monoisotopic (exact) mass is 412 g/mol. The molecule has 0 unspecified atom stereocenters. The number of amides is 2. The number of carbonyl (C=O) groups is 2. The second-order valence-corrected chi connectivity index (χ2v) is 8.46. The highest BCUT2D eigenvalue weighted by Gasteiger charge is 2.27. The Morgan fingerprint density at radius 1 is 1.33 bits per heavy atom.